The zero-order chi connectivity index (χ0) is 26.3. The maximum absolute atomic E-state index is 6.45. The summed E-state index contributed by atoms with van der Waals surface area (Å²) in [6, 6.07) is 28.3. The SMILES string of the molecule is CN(CCCNc1cc(-c2ccccc2Cl)nc2c(Br)cnn12)Cc1ccc(C#Cc2ccccc2)cc1. The molecule has 2 aromatic heterocycles. The van der Waals surface area contributed by atoms with Crippen molar-refractivity contribution in [1.82, 2.24) is 19.5 Å². The quantitative estimate of drug-likeness (QED) is 0.155. The smallest absolute Gasteiger partial charge is 0.172 e. The topological polar surface area (TPSA) is 45.5 Å². The summed E-state index contributed by atoms with van der Waals surface area (Å²) in [4.78, 5) is 7.10. The lowest BCUT2D eigenvalue weighted by Gasteiger charge is -2.17. The zero-order valence-electron chi connectivity index (χ0n) is 21.0. The summed E-state index contributed by atoms with van der Waals surface area (Å²) in [5.41, 5.74) is 5.77. The summed E-state index contributed by atoms with van der Waals surface area (Å²) < 4.78 is 2.65. The van der Waals surface area contributed by atoms with Crippen LogP contribution in [-0.4, -0.2) is 39.6 Å². The Morgan fingerprint density at radius 3 is 2.42 bits per heavy atom. The van der Waals surface area contributed by atoms with Crippen molar-refractivity contribution in [3.8, 4) is 23.1 Å². The number of hydrogen-bond donors (Lipinski definition) is 1. The Morgan fingerprint density at radius 1 is 0.947 bits per heavy atom. The molecule has 0 aliphatic rings. The average molecular weight is 585 g/mol. The predicted octanol–water partition coefficient (Wildman–Crippen LogP) is 7.15. The molecule has 5 aromatic rings. The van der Waals surface area contributed by atoms with E-state index in [0.717, 1.165) is 64.4 Å². The van der Waals surface area contributed by atoms with E-state index in [4.69, 9.17) is 16.6 Å². The van der Waals surface area contributed by atoms with Gasteiger partial charge in [0, 0.05) is 40.9 Å². The van der Waals surface area contributed by atoms with Crippen molar-refractivity contribution in [1.29, 1.82) is 0 Å². The van der Waals surface area contributed by atoms with E-state index in [1.54, 1.807) is 6.20 Å². The first-order valence-electron chi connectivity index (χ1n) is 12.4. The molecule has 5 rings (SSSR count). The van der Waals surface area contributed by atoms with E-state index in [-0.39, 0.29) is 0 Å². The summed E-state index contributed by atoms with van der Waals surface area (Å²) in [5.74, 6) is 7.33. The van der Waals surface area contributed by atoms with Crippen molar-refractivity contribution in [2.45, 2.75) is 13.0 Å². The molecule has 0 aliphatic carbocycles. The van der Waals surface area contributed by atoms with Crippen molar-refractivity contribution in [2.75, 3.05) is 25.5 Å². The molecule has 0 saturated carbocycles. The highest BCUT2D eigenvalue weighted by atomic mass is 79.9. The third-order valence-corrected chi connectivity index (χ3v) is 7.02. The molecule has 1 N–H and O–H groups in total. The second-order valence-electron chi connectivity index (χ2n) is 9.07. The summed E-state index contributed by atoms with van der Waals surface area (Å²) in [7, 11) is 2.15. The van der Waals surface area contributed by atoms with Crippen LogP contribution in [0.2, 0.25) is 5.02 Å². The van der Waals surface area contributed by atoms with Gasteiger partial charge in [-0.1, -0.05) is 72.0 Å². The number of hydrogen-bond acceptors (Lipinski definition) is 4. The van der Waals surface area contributed by atoms with Crippen LogP contribution < -0.4 is 5.32 Å². The molecule has 38 heavy (non-hydrogen) atoms. The number of anilines is 1. The van der Waals surface area contributed by atoms with Crippen LogP contribution in [0.4, 0.5) is 5.82 Å². The van der Waals surface area contributed by atoms with Gasteiger partial charge in [0.2, 0.25) is 0 Å². The van der Waals surface area contributed by atoms with Crippen LogP contribution in [0.3, 0.4) is 0 Å². The Balaban J connectivity index is 1.17. The van der Waals surface area contributed by atoms with Crippen molar-refractivity contribution in [3.63, 3.8) is 0 Å². The molecular weight excluding hydrogens is 558 g/mol. The fraction of sp³-hybridized carbons (Fsp3) is 0.161. The van der Waals surface area contributed by atoms with Gasteiger partial charge in [-0.3, -0.25) is 0 Å². The lowest BCUT2D eigenvalue weighted by atomic mass is 10.1. The summed E-state index contributed by atoms with van der Waals surface area (Å²) in [5, 5.41) is 8.68. The number of fused-ring (bicyclic) bond motifs is 1. The number of nitrogens with zero attached hydrogens (tertiary/aromatic N) is 4. The van der Waals surface area contributed by atoms with E-state index < -0.39 is 0 Å². The molecule has 3 aromatic carbocycles. The Kier molecular flexibility index (Phi) is 8.40. The van der Waals surface area contributed by atoms with Crippen molar-refractivity contribution < 1.29 is 0 Å². The Labute approximate surface area is 236 Å². The van der Waals surface area contributed by atoms with Gasteiger partial charge in [0.05, 0.1) is 16.4 Å². The van der Waals surface area contributed by atoms with Crippen molar-refractivity contribution in [3.05, 3.63) is 117 Å². The van der Waals surface area contributed by atoms with Crippen LogP contribution in [0.5, 0.6) is 0 Å². The molecular formula is C31H27BrClN5. The molecule has 0 radical (unpaired) electrons. The number of nitrogens with one attached hydrogen (secondary N) is 1. The second kappa shape index (κ2) is 12.3. The van der Waals surface area contributed by atoms with Gasteiger partial charge in [-0.05, 0) is 71.8 Å². The molecule has 0 spiro atoms. The van der Waals surface area contributed by atoms with Gasteiger partial charge < -0.3 is 10.2 Å². The van der Waals surface area contributed by atoms with E-state index in [2.05, 4.69) is 74.4 Å². The lowest BCUT2D eigenvalue weighted by Crippen LogP contribution is -2.21. The first-order chi connectivity index (χ1) is 18.6. The van der Waals surface area contributed by atoms with Gasteiger partial charge in [-0.2, -0.15) is 9.61 Å². The summed E-state index contributed by atoms with van der Waals surface area (Å²) in [6.45, 7) is 2.64. The van der Waals surface area contributed by atoms with E-state index in [1.165, 1.54) is 5.56 Å². The second-order valence-corrected chi connectivity index (χ2v) is 10.3. The van der Waals surface area contributed by atoms with Gasteiger partial charge >= 0.3 is 0 Å². The Bertz CT molecular complexity index is 1590. The number of aromatic nitrogens is 3. The molecule has 7 heteroatoms. The van der Waals surface area contributed by atoms with Crippen LogP contribution in [0, 0.1) is 11.8 Å². The zero-order valence-corrected chi connectivity index (χ0v) is 23.4. The van der Waals surface area contributed by atoms with Crippen LogP contribution in [-0.2, 0) is 6.54 Å². The van der Waals surface area contributed by atoms with Crippen molar-refractivity contribution >= 4 is 39.0 Å². The summed E-state index contributed by atoms with van der Waals surface area (Å²) in [6.07, 6.45) is 2.74. The minimum absolute atomic E-state index is 0.670. The first kappa shape index (κ1) is 26.0. The standard InChI is InChI=1S/C31H27BrClN5/c1-37(22-25-16-14-24(15-17-25)13-12-23-8-3-2-4-9-23)19-7-18-34-30-20-29(26-10-5-6-11-28(26)33)36-31-27(32)21-35-38(30)31/h2-6,8-11,14-17,20-21,34H,7,18-19,22H2,1H3. The Morgan fingerprint density at radius 2 is 1.66 bits per heavy atom. The molecule has 190 valence electrons. The van der Waals surface area contributed by atoms with Crippen LogP contribution in [0.15, 0.2) is 95.6 Å². The number of rotatable bonds is 8. The normalized spacial score (nSPS) is 10.9. The molecule has 0 amide bonds. The highest BCUT2D eigenvalue weighted by molar-refractivity contribution is 9.10. The van der Waals surface area contributed by atoms with Gasteiger partial charge in [-0.15, -0.1) is 0 Å². The van der Waals surface area contributed by atoms with E-state index in [1.807, 2.05) is 65.2 Å². The molecule has 5 nitrogen and oxygen atoms in total. The van der Waals surface area contributed by atoms with Crippen LogP contribution in [0.1, 0.15) is 23.1 Å². The maximum atomic E-state index is 6.45. The molecule has 0 unspecified atom stereocenters. The minimum atomic E-state index is 0.670. The molecule has 0 saturated heterocycles. The van der Waals surface area contributed by atoms with E-state index >= 15 is 0 Å². The maximum Gasteiger partial charge on any atom is 0.172 e. The first-order valence-corrected chi connectivity index (χ1v) is 13.6. The van der Waals surface area contributed by atoms with Gasteiger partial charge in [-0.25, -0.2) is 4.98 Å². The van der Waals surface area contributed by atoms with Gasteiger partial charge in [0.1, 0.15) is 5.82 Å². The molecule has 2 heterocycles. The van der Waals surface area contributed by atoms with Crippen molar-refractivity contribution in [2.24, 2.45) is 0 Å². The average Bonchev–Trinajstić information content (AvgIpc) is 3.32. The van der Waals surface area contributed by atoms with E-state index in [0.29, 0.717) is 5.02 Å². The fourth-order valence-corrected chi connectivity index (χ4v) is 4.77. The Hall–Kier alpha value is -3.63. The molecule has 0 fully saturated rings. The van der Waals surface area contributed by atoms with E-state index in [9.17, 15) is 0 Å². The molecule has 0 atom stereocenters. The fourth-order valence-electron chi connectivity index (χ4n) is 4.18. The third kappa shape index (κ3) is 6.43. The highest BCUT2D eigenvalue weighted by Crippen LogP contribution is 2.30. The largest absolute Gasteiger partial charge is 0.370 e. The molecule has 0 aliphatic heterocycles. The van der Waals surface area contributed by atoms with Gasteiger partial charge in [0.25, 0.3) is 0 Å². The minimum Gasteiger partial charge on any atom is -0.370 e. The third-order valence-electron chi connectivity index (χ3n) is 6.13. The van der Waals surface area contributed by atoms with Gasteiger partial charge in [0.15, 0.2) is 5.65 Å². The van der Waals surface area contributed by atoms with Crippen LogP contribution in [0.25, 0.3) is 16.9 Å². The number of benzene rings is 3. The molecule has 0 bridgehead atoms. The van der Waals surface area contributed by atoms with Crippen LogP contribution >= 0.6 is 27.5 Å². The monoisotopic (exact) mass is 583 g/mol. The lowest BCUT2D eigenvalue weighted by molar-refractivity contribution is 0.325. The predicted molar refractivity (Wildman–Crippen MR) is 159 cm³/mol. The number of halogens is 2. The highest BCUT2D eigenvalue weighted by Gasteiger charge is 2.13. The summed E-state index contributed by atoms with van der Waals surface area (Å²) >= 11 is 10.0.